The molecule has 0 amide bonds. The van der Waals surface area contributed by atoms with E-state index >= 15 is 0 Å². The Balaban J connectivity index is 1.88. The monoisotopic (exact) mass is 336 g/mol. The van der Waals surface area contributed by atoms with Crippen LogP contribution in [0.25, 0.3) is 28.2 Å². The highest BCUT2D eigenvalue weighted by atomic mass is 16.5. The molecule has 0 fully saturated rings. The van der Waals surface area contributed by atoms with Gasteiger partial charge in [0.1, 0.15) is 5.75 Å². The quantitative estimate of drug-likeness (QED) is 0.616. The molecule has 0 atom stereocenters. The van der Waals surface area contributed by atoms with Crippen LogP contribution in [-0.2, 0) is 7.05 Å². The maximum atomic E-state index is 12.5. The summed E-state index contributed by atoms with van der Waals surface area (Å²) in [5, 5.41) is 4.13. The Kier molecular flexibility index (Phi) is 3.38. The number of aromatic nitrogens is 6. The number of hydrogen-bond acceptors (Lipinski definition) is 5. The van der Waals surface area contributed by atoms with E-state index in [1.165, 1.54) is 4.57 Å². The third-order valence-corrected chi connectivity index (χ3v) is 4.04. The second-order valence-electron chi connectivity index (χ2n) is 5.75. The molecule has 4 rings (SSSR count). The summed E-state index contributed by atoms with van der Waals surface area (Å²) in [7, 11) is 3.44. The highest BCUT2D eigenvalue weighted by Crippen LogP contribution is 2.22. The molecular weight excluding hydrogens is 320 g/mol. The van der Waals surface area contributed by atoms with E-state index in [2.05, 4.69) is 20.1 Å². The Bertz CT molecular complexity index is 1140. The van der Waals surface area contributed by atoms with Gasteiger partial charge in [0.05, 0.1) is 30.9 Å². The fourth-order valence-electron chi connectivity index (χ4n) is 2.81. The number of fused-ring (bicyclic) bond motifs is 1. The van der Waals surface area contributed by atoms with Crippen LogP contribution in [0.2, 0.25) is 0 Å². The fraction of sp³-hybridized carbons (Fsp3) is 0.176. The highest BCUT2D eigenvalue weighted by molar-refractivity contribution is 5.72. The minimum Gasteiger partial charge on any atom is -0.497 e. The SMILES string of the molecule is COc1ccc(-n2c(=O)[nH]c3nc(-c4cnn(C)c4)cnc32)c(C)c1. The van der Waals surface area contributed by atoms with Crippen molar-refractivity contribution in [2.24, 2.45) is 7.05 Å². The third-order valence-electron chi connectivity index (χ3n) is 4.04. The summed E-state index contributed by atoms with van der Waals surface area (Å²) in [4.78, 5) is 24.2. The van der Waals surface area contributed by atoms with E-state index in [0.717, 1.165) is 22.6 Å². The van der Waals surface area contributed by atoms with Gasteiger partial charge in [0.15, 0.2) is 11.3 Å². The first-order chi connectivity index (χ1) is 12.1. The van der Waals surface area contributed by atoms with Gasteiger partial charge >= 0.3 is 5.69 Å². The third kappa shape index (κ3) is 2.47. The predicted octanol–water partition coefficient (Wildman–Crippen LogP) is 1.83. The molecule has 0 aliphatic heterocycles. The van der Waals surface area contributed by atoms with Crippen molar-refractivity contribution < 1.29 is 4.74 Å². The number of benzene rings is 1. The Hall–Kier alpha value is -3.42. The molecule has 0 aliphatic rings. The minimum atomic E-state index is -0.286. The number of aromatic amines is 1. The zero-order valence-corrected chi connectivity index (χ0v) is 14.0. The molecular formula is C17H16N6O2. The van der Waals surface area contributed by atoms with E-state index in [9.17, 15) is 4.79 Å². The average molecular weight is 336 g/mol. The Morgan fingerprint density at radius 2 is 2.08 bits per heavy atom. The van der Waals surface area contributed by atoms with Crippen LogP contribution in [0.1, 0.15) is 5.56 Å². The van der Waals surface area contributed by atoms with Gasteiger partial charge in [0, 0.05) is 18.8 Å². The van der Waals surface area contributed by atoms with Crippen molar-refractivity contribution >= 4 is 11.3 Å². The van der Waals surface area contributed by atoms with E-state index in [-0.39, 0.29) is 5.69 Å². The molecule has 126 valence electrons. The van der Waals surface area contributed by atoms with Crippen LogP contribution in [0.3, 0.4) is 0 Å². The van der Waals surface area contributed by atoms with Crippen LogP contribution in [0.5, 0.6) is 5.75 Å². The fourth-order valence-corrected chi connectivity index (χ4v) is 2.81. The first-order valence-corrected chi connectivity index (χ1v) is 7.68. The van der Waals surface area contributed by atoms with Crippen LogP contribution in [0, 0.1) is 6.92 Å². The van der Waals surface area contributed by atoms with Crippen molar-refractivity contribution in [3.63, 3.8) is 0 Å². The molecule has 3 heterocycles. The Labute approximate surface area is 142 Å². The summed E-state index contributed by atoms with van der Waals surface area (Å²) in [5.74, 6) is 0.735. The van der Waals surface area contributed by atoms with Gasteiger partial charge < -0.3 is 4.74 Å². The molecule has 1 N–H and O–H groups in total. The van der Waals surface area contributed by atoms with Crippen LogP contribution >= 0.6 is 0 Å². The first-order valence-electron chi connectivity index (χ1n) is 7.68. The minimum absolute atomic E-state index is 0.286. The molecule has 0 bridgehead atoms. The van der Waals surface area contributed by atoms with Crippen molar-refractivity contribution in [1.29, 1.82) is 0 Å². The number of nitrogens with zero attached hydrogens (tertiary/aromatic N) is 5. The number of H-pyrrole nitrogens is 1. The van der Waals surface area contributed by atoms with Gasteiger partial charge in [-0.2, -0.15) is 5.10 Å². The highest BCUT2D eigenvalue weighted by Gasteiger charge is 2.15. The number of ether oxygens (including phenoxy) is 1. The topological polar surface area (TPSA) is 90.6 Å². The lowest BCUT2D eigenvalue weighted by Crippen LogP contribution is -2.16. The number of hydrogen-bond donors (Lipinski definition) is 1. The maximum Gasteiger partial charge on any atom is 0.333 e. The van der Waals surface area contributed by atoms with Gasteiger partial charge in [-0.15, -0.1) is 0 Å². The molecule has 0 radical (unpaired) electrons. The molecule has 8 nitrogen and oxygen atoms in total. The number of rotatable bonds is 3. The largest absolute Gasteiger partial charge is 0.497 e. The lowest BCUT2D eigenvalue weighted by atomic mass is 10.2. The molecule has 0 aliphatic carbocycles. The van der Waals surface area contributed by atoms with Crippen molar-refractivity contribution in [3.8, 4) is 22.7 Å². The lowest BCUT2D eigenvalue weighted by molar-refractivity contribution is 0.414. The van der Waals surface area contributed by atoms with Crippen LogP contribution < -0.4 is 10.4 Å². The molecule has 0 saturated heterocycles. The summed E-state index contributed by atoms with van der Waals surface area (Å²) in [6.45, 7) is 1.92. The molecule has 1 aromatic carbocycles. The van der Waals surface area contributed by atoms with Gasteiger partial charge in [-0.1, -0.05) is 0 Å². The first kappa shape index (κ1) is 15.1. The predicted molar refractivity (Wildman–Crippen MR) is 93.0 cm³/mol. The Morgan fingerprint density at radius 1 is 1.24 bits per heavy atom. The van der Waals surface area contributed by atoms with Gasteiger partial charge in [-0.3, -0.25) is 9.67 Å². The van der Waals surface area contributed by atoms with E-state index in [0.29, 0.717) is 17.0 Å². The summed E-state index contributed by atoms with van der Waals surface area (Å²) >= 11 is 0. The maximum absolute atomic E-state index is 12.5. The summed E-state index contributed by atoms with van der Waals surface area (Å²) in [6.07, 6.45) is 5.19. The zero-order chi connectivity index (χ0) is 17.6. The lowest BCUT2D eigenvalue weighted by Gasteiger charge is -2.08. The molecule has 25 heavy (non-hydrogen) atoms. The Morgan fingerprint density at radius 3 is 2.76 bits per heavy atom. The molecule has 8 heteroatoms. The summed E-state index contributed by atoms with van der Waals surface area (Å²) in [6, 6.07) is 5.52. The van der Waals surface area contributed by atoms with Crippen LogP contribution in [0.4, 0.5) is 0 Å². The number of methoxy groups -OCH3 is 1. The standard InChI is InChI=1S/C17H16N6O2/c1-10-6-12(25-3)4-5-14(10)23-16-15(21-17(23)24)20-13(8-18-16)11-7-19-22(2)9-11/h4-9H,1-3H3,(H,20,21,24). The van der Waals surface area contributed by atoms with Gasteiger partial charge in [0.2, 0.25) is 0 Å². The number of imidazole rings is 1. The molecule has 0 unspecified atom stereocenters. The van der Waals surface area contributed by atoms with Crippen molar-refractivity contribution in [1.82, 2.24) is 29.3 Å². The smallest absolute Gasteiger partial charge is 0.333 e. The van der Waals surface area contributed by atoms with Gasteiger partial charge in [0.25, 0.3) is 0 Å². The second kappa shape index (κ2) is 5.59. The summed E-state index contributed by atoms with van der Waals surface area (Å²) < 4.78 is 8.43. The number of nitrogens with one attached hydrogen (secondary N) is 1. The zero-order valence-electron chi connectivity index (χ0n) is 14.0. The second-order valence-corrected chi connectivity index (χ2v) is 5.75. The molecule has 0 saturated carbocycles. The van der Waals surface area contributed by atoms with Crippen molar-refractivity contribution in [3.05, 3.63) is 52.8 Å². The number of aryl methyl sites for hydroxylation is 2. The molecule has 4 aromatic rings. The van der Waals surface area contributed by atoms with E-state index < -0.39 is 0 Å². The average Bonchev–Trinajstić information content (AvgIpc) is 3.17. The molecule has 0 spiro atoms. The van der Waals surface area contributed by atoms with E-state index in [1.807, 2.05) is 38.4 Å². The van der Waals surface area contributed by atoms with Gasteiger partial charge in [-0.25, -0.2) is 19.3 Å². The van der Waals surface area contributed by atoms with E-state index in [4.69, 9.17) is 4.74 Å². The van der Waals surface area contributed by atoms with E-state index in [1.54, 1.807) is 24.2 Å². The van der Waals surface area contributed by atoms with Crippen LogP contribution in [0.15, 0.2) is 41.6 Å². The normalized spacial score (nSPS) is 11.2. The van der Waals surface area contributed by atoms with Crippen molar-refractivity contribution in [2.75, 3.05) is 7.11 Å². The van der Waals surface area contributed by atoms with Crippen molar-refractivity contribution in [2.45, 2.75) is 6.92 Å². The van der Waals surface area contributed by atoms with Crippen LogP contribution in [-0.4, -0.2) is 36.4 Å². The van der Waals surface area contributed by atoms with Gasteiger partial charge in [-0.05, 0) is 30.7 Å². The molecule has 3 aromatic heterocycles. The summed E-state index contributed by atoms with van der Waals surface area (Å²) in [5.41, 5.74) is 3.76.